The molecule has 3 rings (SSSR count). The van der Waals surface area contributed by atoms with E-state index in [4.69, 9.17) is 5.11 Å². The molecule has 1 saturated heterocycles. The van der Waals surface area contributed by atoms with E-state index < -0.39 is 5.97 Å². The third-order valence-electron chi connectivity index (χ3n) is 4.50. The summed E-state index contributed by atoms with van der Waals surface area (Å²) in [5.41, 5.74) is 1.21. The molecule has 0 spiro atoms. The number of carbonyl (C=O) groups is 2. The Morgan fingerprint density at radius 1 is 1.41 bits per heavy atom. The van der Waals surface area contributed by atoms with Gasteiger partial charge in [0.25, 0.3) is 0 Å². The van der Waals surface area contributed by atoms with Crippen molar-refractivity contribution in [2.24, 2.45) is 5.92 Å². The Hall–Kier alpha value is -1.01. The number of carbonyl (C=O) groups excluding carboxylic acids is 1. The molecule has 0 saturated carbocycles. The molecular weight excluding hydrogens is 318 g/mol. The predicted molar refractivity (Wildman–Crippen MR) is 89.4 cm³/mol. The van der Waals surface area contributed by atoms with E-state index in [0.717, 1.165) is 38.1 Å². The molecule has 0 radical (unpaired) electrons. The first-order chi connectivity index (χ1) is 10.6. The molecule has 3 heterocycles. The lowest BCUT2D eigenvalue weighted by Crippen LogP contribution is -2.42. The smallest absolute Gasteiger partial charge is 0.303 e. The second kappa shape index (κ2) is 7.04. The lowest BCUT2D eigenvalue weighted by atomic mass is 9.93. The van der Waals surface area contributed by atoms with Gasteiger partial charge in [0.2, 0.25) is 5.91 Å². The van der Waals surface area contributed by atoms with Gasteiger partial charge in [0.1, 0.15) is 5.25 Å². The number of piperidine rings is 1. The van der Waals surface area contributed by atoms with Crippen molar-refractivity contribution in [2.45, 2.75) is 37.4 Å². The van der Waals surface area contributed by atoms with E-state index in [2.05, 4.69) is 11.4 Å². The molecule has 1 amide bonds. The number of likely N-dealkylation sites (tertiary alicyclic amines) is 1. The Morgan fingerprint density at radius 3 is 3.09 bits per heavy atom. The van der Waals surface area contributed by atoms with Gasteiger partial charge >= 0.3 is 5.97 Å². The maximum absolute atomic E-state index is 12.9. The van der Waals surface area contributed by atoms with Gasteiger partial charge in [-0.3, -0.25) is 9.59 Å². The van der Waals surface area contributed by atoms with Gasteiger partial charge in [0, 0.05) is 24.4 Å². The average molecular weight is 339 g/mol. The number of nitrogens with zero attached hydrogens (tertiary/aromatic N) is 1. The van der Waals surface area contributed by atoms with Gasteiger partial charge in [-0.2, -0.15) is 0 Å². The summed E-state index contributed by atoms with van der Waals surface area (Å²) in [5, 5.41) is 10.9. The molecule has 120 valence electrons. The van der Waals surface area contributed by atoms with E-state index in [1.54, 1.807) is 23.1 Å². The summed E-state index contributed by atoms with van der Waals surface area (Å²) in [6.07, 6.45) is 3.99. The highest BCUT2D eigenvalue weighted by Gasteiger charge is 2.33. The number of thioether (sulfide) groups is 1. The zero-order valence-electron chi connectivity index (χ0n) is 12.5. The van der Waals surface area contributed by atoms with Crippen LogP contribution in [0.2, 0.25) is 0 Å². The van der Waals surface area contributed by atoms with E-state index in [9.17, 15) is 9.59 Å². The van der Waals surface area contributed by atoms with Crippen molar-refractivity contribution in [3.63, 3.8) is 0 Å². The lowest BCUT2D eigenvalue weighted by Gasteiger charge is -2.35. The number of aliphatic carboxylic acids is 1. The van der Waals surface area contributed by atoms with Gasteiger partial charge in [-0.15, -0.1) is 23.1 Å². The molecular formula is C16H21NO3S2. The maximum atomic E-state index is 12.9. The van der Waals surface area contributed by atoms with E-state index in [1.807, 2.05) is 4.90 Å². The Morgan fingerprint density at radius 2 is 2.27 bits per heavy atom. The second-order valence-electron chi connectivity index (χ2n) is 6.02. The molecule has 0 aliphatic carbocycles. The topological polar surface area (TPSA) is 57.6 Å². The summed E-state index contributed by atoms with van der Waals surface area (Å²) < 4.78 is 0. The maximum Gasteiger partial charge on any atom is 0.303 e. The van der Waals surface area contributed by atoms with Gasteiger partial charge in [-0.1, -0.05) is 0 Å². The Kier molecular flexibility index (Phi) is 5.08. The molecule has 2 atom stereocenters. The third kappa shape index (κ3) is 3.49. The zero-order valence-corrected chi connectivity index (χ0v) is 14.1. The number of hydrogen-bond acceptors (Lipinski definition) is 4. The Balaban J connectivity index is 1.64. The molecule has 1 aromatic rings. The molecule has 1 N–H and O–H groups in total. The highest BCUT2D eigenvalue weighted by Crippen LogP contribution is 2.41. The predicted octanol–water partition coefficient (Wildman–Crippen LogP) is 3.18. The summed E-state index contributed by atoms with van der Waals surface area (Å²) >= 11 is 3.51. The highest BCUT2D eigenvalue weighted by molar-refractivity contribution is 8.00. The number of rotatable bonds is 4. The SMILES string of the molecule is O=C(O)CC[C@H]1CCCN(C(=O)[C@@H]2SCCc3sccc32)C1. The lowest BCUT2D eigenvalue weighted by molar-refractivity contribution is -0.137. The number of amides is 1. The molecule has 4 nitrogen and oxygen atoms in total. The fraction of sp³-hybridized carbons (Fsp3) is 0.625. The number of fused-ring (bicyclic) bond motifs is 1. The summed E-state index contributed by atoms with van der Waals surface area (Å²) in [4.78, 5) is 27.0. The van der Waals surface area contributed by atoms with Crippen molar-refractivity contribution in [1.82, 2.24) is 4.90 Å². The third-order valence-corrected chi connectivity index (χ3v) is 6.72. The monoisotopic (exact) mass is 339 g/mol. The number of hydrogen-bond donors (Lipinski definition) is 1. The summed E-state index contributed by atoms with van der Waals surface area (Å²) in [7, 11) is 0. The molecule has 22 heavy (non-hydrogen) atoms. The second-order valence-corrected chi connectivity index (χ2v) is 8.24. The van der Waals surface area contributed by atoms with Crippen molar-refractivity contribution in [3.05, 3.63) is 21.9 Å². The van der Waals surface area contributed by atoms with Crippen LogP contribution in [-0.2, 0) is 16.0 Å². The van der Waals surface area contributed by atoms with Crippen LogP contribution in [0.1, 0.15) is 41.4 Å². The number of thiophene rings is 1. The van der Waals surface area contributed by atoms with Crippen molar-refractivity contribution in [1.29, 1.82) is 0 Å². The van der Waals surface area contributed by atoms with Crippen LogP contribution in [0, 0.1) is 5.92 Å². The molecule has 6 heteroatoms. The van der Waals surface area contributed by atoms with Crippen LogP contribution >= 0.6 is 23.1 Å². The van der Waals surface area contributed by atoms with Crippen molar-refractivity contribution in [2.75, 3.05) is 18.8 Å². The minimum absolute atomic E-state index is 0.0479. The van der Waals surface area contributed by atoms with Crippen LogP contribution in [0.15, 0.2) is 11.4 Å². The summed E-state index contributed by atoms with van der Waals surface area (Å²) in [5.74, 6) is 0.836. The number of aryl methyl sites for hydroxylation is 1. The standard InChI is InChI=1S/C16H21NO3S2/c18-14(19)4-3-11-2-1-7-17(10-11)16(20)15-12-5-8-21-13(12)6-9-22-15/h5,8,11,15H,1-4,6-7,9-10H2,(H,18,19)/t11-,15-/m1/s1. The van der Waals surface area contributed by atoms with Gasteiger partial charge < -0.3 is 10.0 Å². The normalized spacial score (nSPS) is 24.8. The molecule has 1 aromatic heterocycles. The quantitative estimate of drug-likeness (QED) is 0.915. The van der Waals surface area contributed by atoms with Crippen molar-refractivity contribution >= 4 is 35.0 Å². The van der Waals surface area contributed by atoms with E-state index in [1.165, 1.54) is 10.4 Å². The van der Waals surface area contributed by atoms with E-state index >= 15 is 0 Å². The van der Waals surface area contributed by atoms with Crippen LogP contribution in [-0.4, -0.2) is 40.7 Å². The van der Waals surface area contributed by atoms with Gasteiger partial charge in [-0.05, 0) is 54.4 Å². The molecule has 2 aliphatic rings. The van der Waals surface area contributed by atoms with E-state index in [-0.39, 0.29) is 17.6 Å². The largest absolute Gasteiger partial charge is 0.481 e. The fourth-order valence-electron chi connectivity index (χ4n) is 3.35. The van der Waals surface area contributed by atoms with Crippen molar-refractivity contribution < 1.29 is 14.7 Å². The van der Waals surface area contributed by atoms with Crippen molar-refractivity contribution in [3.8, 4) is 0 Å². The molecule has 0 bridgehead atoms. The van der Waals surface area contributed by atoms with Crippen LogP contribution in [0.25, 0.3) is 0 Å². The van der Waals surface area contributed by atoms with Crippen LogP contribution in [0.4, 0.5) is 0 Å². The van der Waals surface area contributed by atoms with E-state index in [0.29, 0.717) is 12.3 Å². The molecule has 2 aliphatic heterocycles. The van der Waals surface area contributed by atoms with Gasteiger partial charge in [0.15, 0.2) is 0 Å². The number of carboxylic acids is 1. The molecule has 1 fully saturated rings. The average Bonchev–Trinajstić information content (AvgIpc) is 3.01. The first-order valence-corrected chi connectivity index (χ1v) is 9.76. The fourth-order valence-corrected chi connectivity index (χ4v) is 5.72. The minimum atomic E-state index is -0.741. The Bertz CT molecular complexity index is 557. The highest BCUT2D eigenvalue weighted by atomic mass is 32.2. The first kappa shape index (κ1) is 15.9. The Labute approximate surface area is 138 Å². The summed E-state index contributed by atoms with van der Waals surface area (Å²) in [6, 6.07) is 2.10. The van der Waals surface area contributed by atoms with Crippen LogP contribution in [0.5, 0.6) is 0 Å². The first-order valence-electron chi connectivity index (χ1n) is 7.83. The minimum Gasteiger partial charge on any atom is -0.481 e. The van der Waals surface area contributed by atoms with Crippen LogP contribution in [0.3, 0.4) is 0 Å². The molecule has 0 aromatic carbocycles. The van der Waals surface area contributed by atoms with Crippen LogP contribution < -0.4 is 0 Å². The summed E-state index contributed by atoms with van der Waals surface area (Å²) in [6.45, 7) is 1.54. The zero-order chi connectivity index (χ0) is 15.5. The van der Waals surface area contributed by atoms with Gasteiger partial charge in [-0.25, -0.2) is 0 Å². The number of carboxylic acid groups (broad SMARTS) is 1. The van der Waals surface area contributed by atoms with Gasteiger partial charge in [0.05, 0.1) is 0 Å². The molecule has 0 unspecified atom stereocenters.